The van der Waals surface area contributed by atoms with Crippen LogP contribution in [0.4, 0.5) is 8.78 Å². The highest BCUT2D eigenvalue weighted by molar-refractivity contribution is 5.82. The summed E-state index contributed by atoms with van der Waals surface area (Å²) in [6.45, 7) is 3.77. The molecular formula is C18H30F2N4O2. The number of hydrogen-bond donors (Lipinski definition) is 2. The van der Waals surface area contributed by atoms with Crippen LogP contribution >= 0.6 is 0 Å². The predicted molar refractivity (Wildman–Crippen MR) is 94.0 cm³/mol. The Kier molecular flexibility index (Phi) is 6.45. The van der Waals surface area contributed by atoms with Gasteiger partial charge in [-0.1, -0.05) is 19.3 Å². The van der Waals surface area contributed by atoms with E-state index in [1.807, 2.05) is 4.90 Å². The predicted octanol–water partition coefficient (Wildman–Crippen LogP) is 0.824. The molecule has 2 N–H and O–H groups in total. The molecule has 2 saturated heterocycles. The molecule has 1 aliphatic carbocycles. The molecule has 26 heavy (non-hydrogen) atoms. The summed E-state index contributed by atoms with van der Waals surface area (Å²) in [4.78, 5) is 28.6. The first kappa shape index (κ1) is 19.5. The largest absolute Gasteiger partial charge is 0.353 e. The third-order valence-electron chi connectivity index (χ3n) is 5.79. The second kappa shape index (κ2) is 8.61. The fraction of sp³-hybridized carbons (Fsp3) is 0.889. The van der Waals surface area contributed by atoms with Crippen LogP contribution in [-0.2, 0) is 9.59 Å². The zero-order valence-corrected chi connectivity index (χ0v) is 15.3. The van der Waals surface area contributed by atoms with Gasteiger partial charge >= 0.3 is 0 Å². The maximum Gasteiger partial charge on any atom is 0.262 e. The second-order valence-electron chi connectivity index (χ2n) is 7.79. The van der Waals surface area contributed by atoms with Gasteiger partial charge in [0.15, 0.2) is 0 Å². The Morgan fingerprint density at radius 3 is 2.38 bits per heavy atom. The highest BCUT2D eigenvalue weighted by Gasteiger charge is 2.42. The third kappa shape index (κ3) is 5.13. The van der Waals surface area contributed by atoms with Crippen LogP contribution in [0.5, 0.6) is 0 Å². The van der Waals surface area contributed by atoms with Crippen molar-refractivity contribution >= 4 is 11.8 Å². The summed E-state index contributed by atoms with van der Waals surface area (Å²) in [5, 5.41) is 5.30. The smallest absolute Gasteiger partial charge is 0.262 e. The van der Waals surface area contributed by atoms with Crippen molar-refractivity contribution in [2.24, 2.45) is 5.92 Å². The van der Waals surface area contributed by atoms with E-state index in [0.717, 1.165) is 51.9 Å². The maximum atomic E-state index is 13.1. The summed E-state index contributed by atoms with van der Waals surface area (Å²) in [5.74, 6) is -2.62. The average molecular weight is 372 g/mol. The summed E-state index contributed by atoms with van der Waals surface area (Å²) in [7, 11) is 0. The standard InChI is InChI=1S/C18H30F2N4O2/c19-18(20)12-15(22-13-18)16(25)21-6-7-23-8-10-24(11-9-23)17(26)14-4-2-1-3-5-14/h14-15,22H,1-13H2,(H,21,25). The van der Waals surface area contributed by atoms with Gasteiger partial charge in [-0.2, -0.15) is 0 Å². The number of carbonyl (C=O) groups is 2. The van der Waals surface area contributed by atoms with Crippen LogP contribution in [0.15, 0.2) is 0 Å². The molecule has 1 unspecified atom stereocenters. The molecule has 0 spiro atoms. The van der Waals surface area contributed by atoms with Crippen molar-refractivity contribution in [1.29, 1.82) is 0 Å². The highest BCUT2D eigenvalue weighted by Crippen LogP contribution is 2.26. The lowest BCUT2D eigenvalue weighted by Crippen LogP contribution is -2.52. The molecule has 1 atom stereocenters. The Morgan fingerprint density at radius 1 is 1.08 bits per heavy atom. The summed E-state index contributed by atoms with van der Waals surface area (Å²) in [6.07, 6.45) is 5.20. The molecule has 8 heteroatoms. The zero-order chi connectivity index (χ0) is 18.6. The second-order valence-corrected chi connectivity index (χ2v) is 7.79. The van der Waals surface area contributed by atoms with Crippen LogP contribution in [0.25, 0.3) is 0 Å². The van der Waals surface area contributed by atoms with Gasteiger partial charge in [0, 0.05) is 51.6 Å². The van der Waals surface area contributed by atoms with E-state index in [1.54, 1.807) is 0 Å². The van der Waals surface area contributed by atoms with Crippen molar-refractivity contribution in [2.75, 3.05) is 45.8 Å². The minimum absolute atomic E-state index is 0.214. The molecule has 3 aliphatic rings. The van der Waals surface area contributed by atoms with Crippen molar-refractivity contribution in [3.05, 3.63) is 0 Å². The van der Waals surface area contributed by atoms with Crippen LogP contribution in [0.1, 0.15) is 38.5 Å². The monoisotopic (exact) mass is 372 g/mol. The molecule has 0 radical (unpaired) electrons. The van der Waals surface area contributed by atoms with E-state index in [9.17, 15) is 18.4 Å². The number of piperazine rings is 1. The lowest BCUT2D eigenvalue weighted by molar-refractivity contribution is -0.138. The number of nitrogens with one attached hydrogen (secondary N) is 2. The van der Waals surface area contributed by atoms with Gasteiger partial charge in [-0.15, -0.1) is 0 Å². The van der Waals surface area contributed by atoms with Crippen molar-refractivity contribution in [3.8, 4) is 0 Å². The van der Waals surface area contributed by atoms with Gasteiger partial charge in [0.1, 0.15) is 0 Å². The van der Waals surface area contributed by atoms with E-state index in [1.165, 1.54) is 6.42 Å². The van der Waals surface area contributed by atoms with Crippen molar-refractivity contribution < 1.29 is 18.4 Å². The van der Waals surface area contributed by atoms with Gasteiger partial charge in [-0.05, 0) is 12.8 Å². The summed E-state index contributed by atoms with van der Waals surface area (Å²) in [6, 6.07) is -0.796. The fourth-order valence-electron chi connectivity index (χ4n) is 4.16. The average Bonchev–Trinajstić information content (AvgIpc) is 3.02. The van der Waals surface area contributed by atoms with Gasteiger partial charge in [-0.3, -0.25) is 19.8 Å². The first-order valence-electron chi connectivity index (χ1n) is 9.85. The number of amides is 2. The van der Waals surface area contributed by atoms with Crippen LogP contribution in [0, 0.1) is 5.92 Å². The van der Waals surface area contributed by atoms with Gasteiger partial charge in [0.25, 0.3) is 5.92 Å². The number of hydrogen-bond acceptors (Lipinski definition) is 4. The molecule has 2 heterocycles. The van der Waals surface area contributed by atoms with Crippen molar-refractivity contribution in [3.63, 3.8) is 0 Å². The molecule has 2 amide bonds. The molecule has 0 aromatic carbocycles. The number of halogens is 2. The van der Waals surface area contributed by atoms with Gasteiger partial charge in [0.05, 0.1) is 12.6 Å². The number of alkyl halides is 2. The molecule has 3 fully saturated rings. The van der Waals surface area contributed by atoms with Crippen molar-refractivity contribution in [1.82, 2.24) is 20.4 Å². The minimum atomic E-state index is -2.79. The zero-order valence-electron chi connectivity index (χ0n) is 15.3. The first-order valence-corrected chi connectivity index (χ1v) is 9.85. The van der Waals surface area contributed by atoms with Gasteiger partial charge in [0.2, 0.25) is 11.8 Å². The minimum Gasteiger partial charge on any atom is -0.353 e. The lowest BCUT2D eigenvalue weighted by Gasteiger charge is -2.37. The Bertz CT molecular complexity index is 503. The Balaban J connectivity index is 1.31. The Morgan fingerprint density at radius 2 is 1.77 bits per heavy atom. The van der Waals surface area contributed by atoms with Crippen LogP contribution < -0.4 is 10.6 Å². The Hall–Kier alpha value is -1.28. The van der Waals surface area contributed by atoms with Crippen LogP contribution in [-0.4, -0.2) is 79.4 Å². The fourth-order valence-corrected chi connectivity index (χ4v) is 4.16. The molecule has 6 nitrogen and oxygen atoms in total. The molecule has 3 rings (SSSR count). The first-order chi connectivity index (χ1) is 12.4. The number of rotatable bonds is 5. The van der Waals surface area contributed by atoms with Crippen molar-refractivity contribution in [2.45, 2.75) is 50.5 Å². The molecule has 1 saturated carbocycles. The molecule has 0 aromatic heterocycles. The molecule has 2 aliphatic heterocycles. The molecule has 0 bridgehead atoms. The van der Waals surface area contributed by atoms with E-state index in [2.05, 4.69) is 15.5 Å². The topological polar surface area (TPSA) is 64.7 Å². The van der Waals surface area contributed by atoms with Gasteiger partial charge < -0.3 is 10.2 Å². The molecular weight excluding hydrogens is 342 g/mol. The lowest BCUT2D eigenvalue weighted by atomic mass is 9.88. The van der Waals surface area contributed by atoms with Crippen LogP contribution in [0.3, 0.4) is 0 Å². The number of carbonyl (C=O) groups excluding carboxylic acids is 2. The third-order valence-corrected chi connectivity index (χ3v) is 5.79. The van der Waals surface area contributed by atoms with E-state index in [4.69, 9.17) is 0 Å². The molecule has 148 valence electrons. The van der Waals surface area contributed by atoms with E-state index in [0.29, 0.717) is 19.0 Å². The highest BCUT2D eigenvalue weighted by atomic mass is 19.3. The van der Waals surface area contributed by atoms with Crippen LogP contribution in [0.2, 0.25) is 0 Å². The normalized spacial score (nSPS) is 27.5. The quantitative estimate of drug-likeness (QED) is 0.750. The molecule has 0 aromatic rings. The SMILES string of the molecule is O=C(NCCN1CCN(C(=O)C2CCCCC2)CC1)C1CC(F)(F)CN1. The summed E-state index contributed by atoms with van der Waals surface area (Å²) < 4.78 is 26.2. The summed E-state index contributed by atoms with van der Waals surface area (Å²) in [5.41, 5.74) is 0. The summed E-state index contributed by atoms with van der Waals surface area (Å²) >= 11 is 0. The maximum absolute atomic E-state index is 13.1. The number of nitrogens with zero attached hydrogens (tertiary/aromatic N) is 2. The van der Waals surface area contributed by atoms with E-state index >= 15 is 0 Å². The van der Waals surface area contributed by atoms with E-state index in [-0.39, 0.29) is 11.8 Å². The Labute approximate surface area is 153 Å². The van der Waals surface area contributed by atoms with Gasteiger partial charge in [-0.25, -0.2) is 8.78 Å². The van der Waals surface area contributed by atoms with E-state index < -0.39 is 24.9 Å².